The summed E-state index contributed by atoms with van der Waals surface area (Å²) in [5, 5.41) is 2.75. The fraction of sp³-hybridized carbons (Fsp3) is 0.222. The van der Waals surface area contributed by atoms with Gasteiger partial charge in [-0.2, -0.15) is 0 Å². The van der Waals surface area contributed by atoms with E-state index in [1.807, 2.05) is 12.1 Å². The van der Waals surface area contributed by atoms with Gasteiger partial charge in [0.05, 0.1) is 7.11 Å². The van der Waals surface area contributed by atoms with Crippen molar-refractivity contribution in [2.45, 2.75) is 6.42 Å². The second-order valence-corrected chi connectivity index (χ2v) is 5.35. The van der Waals surface area contributed by atoms with Gasteiger partial charge < -0.3 is 15.0 Å². The van der Waals surface area contributed by atoms with Gasteiger partial charge >= 0.3 is 6.03 Å². The van der Waals surface area contributed by atoms with Gasteiger partial charge in [-0.1, -0.05) is 12.1 Å². The molecule has 0 aromatic heterocycles. The molecule has 0 radical (unpaired) electrons. The molecule has 2 aromatic rings. The molecule has 23 heavy (non-hydrogen) atoms. The van der Waals surface area contributed by atoms with Crippen molar-refractivity contribution in [3.8, 4) is 5.75 Å². The van der Waals surface area contributed by atoms with Gasteiger partial charge in [0.15, 0.2) is 5.78 Å². The lowest BCUT2D eigenvalue weighted by molar-refractivity contribution is 0.0993. The second-order valence-electron chi connectivity index (χ2n) is 5.35. The third kappa shape index (κ3) is 4.57. The summed E-state index contributed by atoms with van der Waals surface area (Å²) in [6.07, 6.45) is 0.314. The number of carbonyl (C=O) groups excluding carboxylic acids is 2. The molecule has 0 heterocycles. The molecule has 0 saturated carbocycles. The maximum atomic E-state index is 12.2. The number of Topliss-reactive ketones (excluding diaryl/α,β-unsaturated/α-hetero) is 1. The number of benzene rings is 2. The molecular weight excluding hydrogens is 292 g/mol. The fourth-order valence-corrected chi connectivity index (χ4v) is 2.01. The molecule has 2 amide bonds. The molecule has 2 aromatic carbocycles. The van der Waals surface area contributed by atoms with E-state index < -0.39 is 0 Å². The van der Waals surface area contributed by atoms with Crippen LogP contribution in [-0.2, 0) is 6.42 Å². The Kier molecular flexibility index (Phi) is 5.36. The maximum absolute atomic E-state index is 12.2. The topological polar surface area (TPSA) is 58.6 Å². The van der Waals surface area contributed by atoms with E-state index in [-0.39, 0.29) is 11.8 Å². The van der Waals surface area contributed by atoms with E-state index >= 15 is 0 Å². The number of urea groups is 1. The first-order valence-electron chi connectivity index (χ1n) is 7.24. The predicted molar refractivity (Wildman–Crippen MR) is 90.2 cm³/mol. The fourth-order valence-electron chi connectivity index (χ4n) is 2.01. The SMILES string of the molecule is COc1ccc(C(=O)Cc2ccc(NC(=O)N(C)C)cc2)cc1. The monoisotopic (exact) mass is 312 g/mol. The van der Waals surface area contributed by atoms with Crippen molar-refractivity contribution in [2.75, 3.05) is 26.5 Å². The predicted octanol–water partition coefficient (Wildman–Crippen LogP) is 3.21. The van der Waals surface area contributed by atoms with Crippen LogP contribution in [0.15, 0.2) is 48.5 Å². The molecule has 2 rings (SSSR count). The molecule has 5 heteroatoms. The Balaban J connectivity index is 1.99. The zero-order chi connectivity index (χ0) is 16.8. The third-order valence-corrected chi connectivity index (χ3v) is 3.39. The summed E-state index contributed by atoms with van der Waals surface area (Å²) in [6.45, 7) is 0. The summed E-state index contributed by atoms with van der Waals surface area (Å²) >= 11 is 0. The molecule has 0 fully saturated rings. The number of nitrogens with one attached hydrogen (secondary N) is 1. The van der Waals surface area contributed by atoms with Crippen molar-refractivity contribution < 1.29 is 14.3 Å². The van der Waals surface area contributed by atoms with Gasteiger partial charge in [-0.05, 0) is 42.0 Å². The number of hydrogen-bond acceptors (Lipinski definition) is 3. The Bertz CT molecular complexity index is 676. The van der Waals surface area contributed by atoms with Crippen molar-refractivity contribution in [1.82, 2.24) is 4.90 Å². The lowest BCUT2D eigenvalue weighted by Gasteiger charge is -2.12. The minimum Gasteiger partial charge on any atom is -0.497 e. The molecule has 0 saturated heterocycles. The number of nitrogens with zero attached hydrogens (tertiary/aromatic N) is 1. The summed E-state index contributed by atoms with van der Waals surface area (Å²) in [5.41, 5.74) is 2.24. The number of amides is 2. The largest absolute Gasteiger partial charge is 0.497 e. The van der Waals surface area contributed by atoms with Crippen LogP contribution in [0, 0.1) is 0 Å². The van der Waals surface area contributed by atoms with E-state index in [4.69, 9.17) is 4.74 Å². The molecule has 0 aliphatic carbocycles. The van der Waals surface area contributed by atoms with E-state index in [2.05, 4.69) is 5.32 Å². The van der Waals surface area contributed by atoms with E-state index in [1.54, 1.807) is 57.6 Å². The van der Waals surface area contributed by atoms with Crippen LogP contribution in [-0.4, -0.2) is 37.9 Å². The average Bonchev–Trinajstić information content (AvgIpc) is 2.56. The van der Waals surface area contributed by atoms with Gasteiger partial charge in [0.25, 0.3) is 0 Å². The number of anilines is 1. The van der Waals surface area contributed by atoms with Crippen LogP contribution >= 0.6 is 0 Å². The summed E-state index contributed by atoms with van der Waals surface area (Å²) in [6, 6.07) is 14.1. The molecule has 1 N–H and O–H groups in total. The Hall–Kier alpha value is -2.82. The molecule has 0 atom stereocenters. The summed E-state index contributed by atoms with van der Waals surface area (Å²) in [4.78, 5) is 25.3. The zero-order valence-electron chi connectivity index (χ0n) is 13.5. The second kappa shape index (κ2) is 7.45. The number of hydrogen-bond donors (Lipinski definition) is 1. The Labute approximate surface area is 135 Å². The van der Waals surface area contributed by atoms with E-state index in [0.29, 0.717) is 17.7 Å². The molecule has 0 unspecified atom stereocenters. The van der Waals surface area contributed by atoms with Crippen molar-refractivity contribution >= 4 is 17.5 Å². The van der Waals surface area contributed by atoms with Crippen LogP contribution < -0.4 is 10.1 Å². The average molecular weight is 312 g/mol. The van der Waals surface area contributed by atoms with Gasteiger partial charge in [0, 0.05) is 31.8 Å². The minimum atomic E-state index is -0.188. The quantitative estimate of drug-likeness (QED) is 0.862. The molecule has 0 spiro atoms. The molecular formula is C18H20N2O3. The molecule has 120 valence electrons. The molecule has 5 nitrogen and oxygen atoms in total. The van der Waals surface area contributed by atoms with Crippen LogP contribution in [0.1, 0.15) is 15.9 Å². The lowest BCUT2D eigenvalue weighted by Crippen LogP contribution is -2.27. The van der Waals surface area contributed by atoms with Crippen molar-refractivity contribution in [3.63, 3.8) is 0 Å². The van der Waals surface area contributed by atoms with Gasteiger partial charge in [-0.15, -0.1) is 0 Å². The Morgan fingerprint density at radius 2 is 1.61 bits per heavy atom. The van der Waals surface area contributed by atoms with Crippen molar-refractivity contribution in [2.24, 2.45) is 0 Å². The third-order valence-electron chi connectivity index (χ3n) is 3.39. The Morgan fingerprint density at radius 1 is 1.00 bits per heavy atom. The van der Waals surface area contributed by atoms with E-state index in [0.717, 1.165) is 11.3 Å². The summed E-state index contributed by atoms with van der Waals surface area (Å²) in [7, 11) is 4.95. The highest BCUT2D eigenvalue weighted by atomic mass is 16.5. The van der Waals surface area contributed by atoms with Crippen molar-refractivity contribution in [1.29, 1.82) is 0 Å². The number of carbonyl (C=O) groups is 2. The molecule has 0 aliphatic heterocycles. The van der Waals surface area contributed by atoms with Crippen LogP contribution in [0.4, 0.5) is 10.5 Å². The van der Waals surface area contributed by atoms with Crippen LogP contribution in [0.25, 0.3) is 0 Å². The minimum absolute atomic E-state index is 0.0396. The normalized spacial score (nSPS) is 10.0. The smallest absolute Gasteiger partial charge is 0.321 e. The van der Waals surface area contributed by atoms with E-state index in [1.165, 1.54) is 4.90 Å². The Morgan fingerprint density at radius 3 is 2.13 bits per heavy atom. The number of ether oxygens (including phenoxy) is 1. The maximum Gasteiger partial charge on any atom is 0.321 e. The first kappa shape index (κ1) is 16.5. The van der Waals surface area contributed by atoms with Crippen LogP contribution in [0.2, 0.25) is 0 Å². The standard InChI is InChI=1S/C18H20N2O3/c1-20(2)18(22)19-15-8-4-13(5-9-15)12-17(21)14-6-10-16(23-3)11-7-14/h4-11H,12H2,1-3H3,(H,19,22). The van der Waals surface area contributed by atoms with E-state index in [9.17, 15) is 9.59 Å². The number of methoxy groups -OCH3 is 1. The van der Waals surface area contributed by atoms with Gasteiger partial charge in [0.1, 0.15) is 5.75 Å². The van der Waals surface area contributed by atoms with Crippen LogP contribution in [0.5, 0.6) is 5.75 Å². The molecule has 0 bridgehead atoms. The first-order chi connectivity index (χ1) is 11.0. The lowest BCUT2D eigenvalue weighted by atomic mass is 10.0. The van der Waals surface area contributed by atoms with Crippen LogP contribution in [0.3, 0.4) is 0 Å². The van der Waals surface area contributed by atoms with Gasteiger partial charge in [0.2, 0.25) is 0 Å². The highest BCUT2D eigenvalue weighted by Crippen LogP contribution is 2.15. The highest BCUT2D eigenvalue weighted by molar-refractivity contribution is 5.97. The number of ketones is 1. The van der Waals surface area contributed by atoms with Gasteiger partial charge in [-0.3, -0.25) is 4.79 Å². The summed E-state index contributed by atoms with van der Waals surface area (Å²) < 4.78 is 5.08. The zero-order valence-corrected chi connectivity index (χ0v) is 13.5. The molecule has 0 aliphatic rings. The number of rotatable bonds is 5. The summed E-state index contributed by atoms with van der Waals surface area (Å²) in [5.74, 6) is 0.764. The highest BCUT2D eigenvalue weighted by Gasteiger charge is 2.08. The van der Waals surface area contributed by atoms with Crippen molar-refractivity contribution in [3.05, 3.63) is 59.7 Å². The van der Waals surface area contributed by atoms with Gasteiger partial charge in [-0.25, -0.2) is 4.79 Å². The first-order valence-corrected chi connectivity index (χ1v) is 7.24.